The Hall–Kier alpha value is -2.78. The van der Waals surface area contributed by atoms with Gasteiger partial charge in [-0.3, -0.25) is 13.9 Å². The number of benzene rings is 3. The van der Waals surface area contributed by atoms with E-state index in [1.165, 1.54) is 35.2 Å². The summed E-state index contributed by atoms with van der Waals surface area (Å²) in [5.41, 5.74) is 0.853. The number of hydrogen-bond donors (Lipinski definition) is 1. The molecule has 1 atom stereocenters. The van der Waals surface area contributed by atoms with Crippen molar-refractivity contribution in [2.75, 3.05) is 17.4 Å². The van der Waals surface area contributed by atoms with Crippen molar-refractivity contribution >= 4 is 62.3 Å². The van der Waals surface area contributed by atoms with Gasteiger partial charge in [-0.25, -0.2) is 8.42 Å². The maximum atomic E-state index is 13.9. The Labute approximate surface area is 238 Å². The molecule has 0 aromatic heterocycles. The molecule has 2 amide bonds. The summed E-state index contributed by atoms with van der Waals surface area (Å²) in [5.74, 6) is -0.908. The SMILES string of the molecule is CCNC(=O)[C@H](CC)N(Cc1ccc(Cl)cc1)C(=O)CN(c1cc(Cl)cc(Cl)c1)S(=O)(=O)c1ccccc1. The van der Waals surface area contributed by atoms with Crippen LogP contribution in [0.1, 0.15) is 25.8 Å². The van der Waals surface area contributed by atoms with Crippen LogP contribution in [0.2, 0.25) is 15.1 Å². The molecule has 0 saturated heterocycles. The van der Waals surface area contributed by atoms with Gasteiger partial charge in [0.2, 0.25) is 11.8 Å². The van der Waals surface area contributed by atoms with E-state index < -0.39 is 28.5 Å². The van der Waals surface area contributed by atoms with Crippen LogP contribution >= 0.6 is 34.8 Å². The maximum absolute atomic E-state index is 13.9. The van der Waals surface area contributed by atoms with Crippen LogP contribution in [-0.2, 0) is 26.2 Å². The lowest BCUT2D eigenvalue weighted by Crippen LogP contribution is -2.52. The topological polar surface area (TPSA) is 86.8 Å². The number of amides is 2. The molecule has 0 saturated carbocycles. The fraction of sp³-hybridized carbons (Fsp3) is 0.259. The molecule has 11 heteroatoms. The molecule has 0 radical (unpaired) electrons. The highest BCUT2D eigenvalue weighted by molar-refractivity contribution is 7.92. The van der Waals surface area contributed by atoms with Crippen molar-refractivity contribution in [3.63, 3.8) is 0 Å². The van der Waals surface area contributed by atoms with E-state index in [9.17, 15) is 18.0 Å². The lowest BCUT2D eigenvalue weighted by molar-refractivity contribution is -0.140. The first-order valence-electron chi connectivity index (χ1n) is 11.9. The summed E-state index contributed by atoms with van der Waals surface area (Å²) in [7, 11) is -4.21. The van der Waals surface area contributed by atoms with E-state index in [2.05, 4.69) is 5.32 Å². The number of carbonyl (C=O) groups excluding carboxylic acids is 2. The zero-order valence-corrected chi connectivity index (χ0v) is 24.0. The monoisotopic (exact) mass is 595 g/mol. The zero-order valence-electron chi connectivity index (χ0n) is 20.9. The van der Waals surface area contributed by atoms with Gasteiger partial charge in [-0.1, -0.05) is 72.1 Å². The van der Waals surface area contributed by atoms with Gasteiger partial charge < -0.3 is 10.2 Å². The van der Waals surface area contributed by atoms with Crippen LogP contribution in [0.25, 0.3) is 0 Å². The molecule has 3 aromatic rings. The Kier molecular flexibility index (Phi) is 10.4. The summed E-state index contributed by atoms with van der Waals surface area (Å²) in [6.07, 6.45) is 0.319. The van der Waals surface area contributed by atoms with Gasteiger partial charge in [0.15, 0.2) is 0 Å². The second-order valence-corrected chi connectivity index (χ2v) is 11.6. The molecule has 0 aliphatic carbocycles. The zero-order chi connectivity index (χ0) is 27.9. The molecule has 0 aliphatic heterocycles. The summed E-state index contributed by atoms with van der Waals surface area (Å²) in [4.78, 5) is 28.2. The normalized spacial score (nSPS) is 12.0. The average Bonchev–Trinajstić information content (AvgIpc) is 2.88. The van der Waals surface area contributed by atoms with Gasteiger partial charge in [-0.05, 0) is 61.4 Å². The first-order valence-corrected chi connectivity index (χ1v) is 14.5. The molecule has 3 rings (SSSR count). The number of rotatable bonds is 11. The molecule has 3 aromatic carbocycles. The minimum Gasteiger partial charge on any atom is -0.355 e. The fourth-order valence-corrected chi connectivity index (χ4v) is 5.99. The van der Waals surface area contributed by atoms with Crippen molar-refractivity contribution in [2.45, 2.75) is 37.8 Å². The van der Waals surface area contributed by atoms with E-state index in [1.54, 1.807) is 56.3 Å². The second-order valence-electron chi connectivity index (χ2n) is 8.42. The lowest BCUT2D eigenvalue weighted by Gasteiger charge is -2.33. The summed E-state index contributed by atoms with van der Waals surface area (Å²) < 4.78 is 28.5. The third kappa shape index (κ3) is 7.41. The van der Waals surface area contributed by atoms with Crippen LogP contribution in [0.4, 0.5) is 5.69 Å². The van der Waals surface area contributed by atoms with Gasteiger partial charge in [0.05, 0.1) is 10.6 Å². The number of hydrogen-bond acceptors (Lipinski definition) is 4. The number of anilines is 1. The van der Waals surface area contributed by atoms with Crippen molar-refractivity contribution in [1.29, 1.82) is 0 Å². The Morgan fingerprint density at radius 1 is 0.868 bits per heavy atom. The van der Waals surface area contributed by atoms with E-state index in [0.29, 0.717) is 18.0 Å². The number of sulfonamides is 1. The van der Waals surface area contributed by atoms with Crippen LogP contribution < -0.4 is 9.62 Å². The van der Waals surface area contributed by atoms with Crippen LogP contribution in [-0.4, -0.2) is 44.3 Å². The van der Waals surface area contributed by atoms with Gasteiger partial charge in [0.1, 0.15) is 12.6 Å². The number of halogens is 3. The summed E-state index contributed by atoms with van der Waals surface area (Å²) in [5, 5.41) is 3.71. The molecular weight excluding hydrogens is 569 g/mol. The third-order valence-electron chi connectivity index (χ3n) is 5.75. The predicted octanol–water partition coefficient (Wildman–Crippen LogP) is 5.79. The van der Waals surface area contributed by atoms with Gasteiger partial charge in [0.25, 0.3) is 10.0 Å². The first-order chi connectivity index (χ1) is 18.1. The number of likely N-dealkylation sites (N-methyl/N-ethyl adjacent to an activating group) is 1. The van der Waals surface area contributed by atoms with Crippen molar-refractivity contribution < 1.29 is 18.0 Å². The van der Waals surface area contributed by atoms with Gasteiger partial charge in [-0.15, -0.1) is 0 Å². The van der Waals surface area contributed by atoms with E-state index in [0.717, 1.165) is 9.87 Å². The Bertz CT molecular complexity index is 1350. The molecule has 0 spiro atoms. The van der Waals surface area contributed by atoms with Crippen molar-refractivity contribution in [3.05, 3.63) is 93.4 Å². The highest BCUT2D eigenvalue weighted by Gasteiger charge is 2.33. The van der Waals surface area contributed by atoms with Crippen LogP contribution in [0.15, 0.2) is 77.7 Å². The molecule has 0 bridgehead atoms. The average molecular weight is 597 g/mol. The molecule has 0 fully saturated rings. The molecule has 1 N–H and O–H groups in total. The van der Waals surface area contributed by atoms with Crippen LogP contribution in [0, 0.1) is 0 Å². The van der Waals surface area contributed by atoms with Gasteiger partial charge in [0, 0.05) is 28.2 Å². The van der Waals surface area contributed by atoms with E-state index in [1.807, 2.05) is 0 Å². The van der Waals surface area contributed by atoms with E-state index in [-0.39, 0.29) is 33.1 Å². The highest BCUT2D eigenvalue weighted by Crippen LogP contribution is 2.30. The van der Waals surface area contributed by atoms with Crippen molar-refractivity contribution in [3.8, 4) is 0 Å². The number of nitrogens with one attached hydrogen (secondary N) is 1. The predicted molar refractivity (Wildman–Crippen MR) is 152 cm³/mol. The molecule has 7 nitrogen and oxygen atoms in total. The number of carbonyl (C=O) groups is 2. The molecule has 0 heterocycles. The fourth-order valence-electron chi connectivity index (χ4n) is 3.93. The number of nitrogens with zero attached hydrogens (tertiary/aromatic N) is 2. The lowest BCUT2D eigenvalue weighted by atomic mass is 10.1. The Morgan fingerprint density at radius 3 is 2.03 bits per heavy atom. The van der Waals surface area contributed by atoms with Crippen LogP contribution in [0.3, 0.4) is 0 Å². The Morgan fingerprint density at radius 2 is 1.47 bits per heavy atom. The highest BCUT2D eigenvalue weighted by atomic mass is 35.5. The largest absolute Gasteiger partial charge is 0.355 e. The Balaban J connectivity index is 2.07. The van der Waals surface area contributed by atoms with Crippen molar-refractivity contribution in [1.82, 2.24) is 10.2 Å². The summed E-state index contributed by atoms with van der Waals surface area (Å²) in [6, 6.07) is 18.1. The smallest absolute Gasteiger partial charge is 0.264 e. The van der Waals surface area contributed by atoms with E-state index >= 15 is 0 Å². The molecule has 0 unspecified atom stereocenters. The minimum absolute atomic E-state index is 0.0103. The summed E-state index contributed by atoms with van der Waals surface area (Å²) in [6.45, 7) is 3.44. The molecular formula is C27H28Cl3N3O4S. The second kappa shape index (κ2) is 13.3. The minimum atomic E-state index is -4.21. The van der Waals surface area contributed by atoms with Gasteiger partial charge >= 0.3 is 0 Å². The molecule has 0 aliphatic rings. The quantitative estimate of drug-likeness (QED) is 0.304. The van der Waals surface area contributed by atoms with E-state index in [4.69, 9.17) is 34.8 Å². The molecule has 38 heavy (non-hydrogen) atoms. The van der Waals surface area contributed by atoms with Crippen molar-refractivity contribution in [2.24, 2.45) is 0 Å². The summed E-state index contributed by atoms with van der Waals surface area (Å²) >= 11 is 18.4. The first kappa shape index (κ1) is 29.8. The molecule has 202 valence electrons. The van der Waals surface area contributed by atoms with Crippen LogP contribution in [0.5, 0.6) is 0 Å². The maximum Gasteiger partial charge on any atom is 0.264 e. The third-order valence-corrected chi connectivity index (χ3v) is 8.22. The standard InChI is InChI=1S/C27H28Cl3N3O4S/c1-3-25(27(35)31-4-2)32(17-19-10-12-20(28)13-11-19)26(34)18-33(23-15-21(29)14-22(30)16-23)38(36,37)24-8-6-5-7-9-24/h5-16,25H,3-4,17-18H2,1-2H3,(H,31,35)/t25-/m0/s1. The van der Waals surface area contributed by atoms with Gasteiger partial charge in [-0.2, -0.15) is 0 Å².